The van der Waals surface area contributed by atoms with Gasteiger partial charge in [0.25, 0.3) is 5.89 Å². The summed E-state index contributed by atoms with van der Waals surface area (Å²) in [7, 11) is 0. The first-order chi connectivity index (χ1) is 18.2. The maximum Gasteiger partial charge on any atom is 0.434 e. The van der Waals surface area contributed by atoms with Crippen molar-refractivity contribution in [1.29, 1.82) is 0 Å². The summed E-state index contributed by atoms with van der Waals surface area (Å²) >= 11 is 2.02. The van der Waals surface area contributed by atoms with E-state index in [0.717, 1.165) is 16.7 Å². The maximum absolute atomic E-state index is 13.3. The summed E-state index contributed by atoms with van der Waals surface area (Å²) in [5, 5.41) is 12.6. The molecule has 2 amide bonds. The quantitative estimate of drug-likeness (QED) is 0.265. The van der Waals surface area contributed by atoms with Crippen LogP contribution in [0.15, 0.2) is 51.5 Å². The van der Waals surface area contributed by atoms with E-state index >= 15 is 0 Å². The van der Waals surface area contributed by atoms with Gasteiger partial charge < -0.3 is 9.73 Å². The number of amides is 2. The van der Waals surface area contributed by atoms with Crippen LogP contribution in [0.1, 0.15) is 12.6 Å². The number of carbonyl (C=O) groups is 1. The molecule has 0 saturated carbocycles. The summed E-state index contributed by atoms with van der Waals surface area (Å²) in [5.74, 6) is -0.471. The number of nitrogens with zero attached hydrogens (tertiary/aromatic N) is 5. The number of alkyl halides is 3. The first kappa shape index (κ1) is 25.2. The number of carbonyl (C=O) groups excluding carboxylic acids is 1. The molecule has 5 aromatic heterocycles. The number of hydrogen-bond donors (Lipinski definition) is 3. The zero-order valence-corrected chi connectivity index (χ0v) is 20.8. The molecule has 194 valence electrons. The summed E-state index contributed by atoms with van der Waals surface area (Å²) < 4.78 is 44.8. The molecule has 0 aliphatic rings. The number of aromatic amines is 1. The molecule has 0 radical (unpaired) electrons. The lowest BCUT2D eigenvalue weighted by molar-refractivity contribution is -0.140. The van der Waals surface area contributed by atoms with Crippen LogP contribution in [-0.2, 0) is 6.18 Å². The number of thiazole rings is 2. The van der Waals surface area contributed by atoms with Gasteiger partial charge in [0.2, 0.25) is 0 Å². The molecule has 0 bridgehead atoms. The molecule has 0 saturated heterocycles. The van der Waals surface area contributed by atoms with Crippen LogP contribution in [0.5, 0.6) is 0 Å². The second kappa shape index (κ2) is 10.1. The van der Waals surface area contributed by atoms with Crippen LogP contribution in [0.3, 0.4) is 0 Å². The van der Waals surface area contributed by atoms with Crippen molar-refractivity contribution in [2.45, 2.75) is 13.1 Å². The zero-order valence-electron chi connectivity index (χ0n) is 19.2. The highest BCUT2D eigenvalue weighted by atomic mass is 32.1. The van der Waals surface area contributed by atoms with E-state index in [-0.39, 0.29) is 16.7 Å². The fourth-order valence-corrected chi connectivity index (χ4v) is 5.01. The molecule has 38 heavy (non-hydrogen) atoms. The van der Waals surface area contributed by atoms with E-state index in [4.69, 9.17) is 4.42 Å². The van der Waals surface area contributed by atoms with Crippen LogP contribution in [-0.4, -0.2) is 42.7 Å². The summed E-state index contributed by atoms with van der Waals surface area (Å²) in [6.45, 7) is 2.12. The molecule has 0 unspecified atom stereocenters. The van der Waals surface area contributed by atoms with E-state index < -0.39 is 23.7 Å². The first-order valence-electron chi connectivity index (χ1n) is 10.8. The number of nitrogens with one attached hydrogen (secondary N) is 3. The van der Waals surface area contributed by atoms with Gasteiger partial charge in [-0.15, -0.1) is 27.8 Å². The first-order valence-corrected chi connectivity index (χ1v) is 12.5. The van der Waals surface area contributed by atoms with Crippen LogP contribution in [0, 0.1) is 0 Å². The zero-order chi connectivity index (χ0) is 26.9. The van der Waals surface area contributed by atoms with E-state index in [9.17, 15) is 22.8 Å². The number of rotatable bonds is 6. The maximum atomic E-state index is 13.3. The highest BCUT2D eigenvalue weighted by Gasteiger charge is 2.34. The van der Waals surface area contributed by atoms with Crippen molar-refractivity contribution in [2.75, 3.05) is 11.9 Å². The van der Waals surface area contributed by atoms with E-state index in [2.05, 4.69) is 40.8 Å². The smallest absolute Gasteiger partial charge is 0.387 e. The van der Waals surface area contributed by atoms with Crippen molar-refractivity contribution >= 4 is 34.5 Å². The molecule has 5 aromatic rings. The molecule has 0 aliphatic carbocycles. The number of H-pyrrole nitrogens is 1. The number of urea groups is 1. The third kappa shape index (κ3) is 5.30. The number of halogens is 3. The van der Waals surface area contributed by atoms with Gasteiger partial charge in [0, 0.05) is 52.8 Å². The molecular formula is C22H15F3N8O3S2. The Labute approximate surface area is 218 Å². The van der Waals surface area contributed by atoms with Gasteiger partial charge >= 0.3 is 18.0 Å². The van der Waals surface area contributed by atoms with Crippen LogP contribution in [0.25, 0.3) is 43.0 Å². The van der Waals surface area contributed by atoms with Crippen molar-refractivity contribution in [2.24, 2.45) is 0 Å². The lowest BCUT2D eigenvalue weighted by Crippen LogP contribution is -2.28. The summed E-state index contributed by atoms with van der Waals surface area (Å²) in [6, 6.07) is 2.69. The molecule has 0 atom stereocenters. The minimum absolute atomic E-state index is 0.0872. The number of pyridine rings is 2. The van der Waals surface area contributed by atoms with Crippen LogP contribution in [0.2, 0.25) is 0 Å². The molecular weight excluding hydrogens is 545 g/mol. The SMILES string of the molecule is CCNC(=O)Nc1cc(-c2nc(C(F)(F)F)cs2)c(-c2cncc(-c3ncc(-c4n[nH]c(=O)o4)s3)c2)cn1. The number of aromatic nitrogens is 6. The molecule has 5 heterocycles. The topological polar surface area (TPSA) is 152 Å². The molecule has 0 aliphatic heterocycles. The number of anilines is 1. The Kier molecular flexibility index (Phi) is 6.73. The normalized spacial score (nSPS) is 11.5. The van der Waals surface area contributed by atoms with Crippen molar-refractivity contribution in [1.82, 2.24) is 35.5 Å². The molecule has 0 fully saturated rings. The Bertz CT molecular complexity index is 1670. The average molecular weight is 561 g/mol. The predicted octanol–water partition coefficient (Wildman–Crippen LogP) is 4.89. The van der Waals surface area contributed by atoms with Crippen molar-refractivity contribution in [3.05, 3.63) is 58.5 Å². The highest BCUT2D eigenvalue weighted by Crippen LogP contribution is 2.39. The van der Waals surface area contributed by atoms with Gasteiger partial charge in [-0.1, -0.05) is 0 Å². The Morgan fingerprint density at radius 3 is 2.61 bits per heavy atom. The Morgan fingerprint density at radius 2 is 1.89 bits per heavy atom. The Balaban J connectivity index is 1.55. The van der Waals surface area contributed by atoms with Gasteiger partial charge in [-0.3, -0.25) is 10.3 Å². The van der Waals surface area contributed by atoms with Crippen molar-refractivity contribution < 1.29 is 22.4 Å². The Hall–Kier alpha value is -4.44. The van der Waals surface area contributed by atoms with Crippen LogP contribution >= 0.6 is 22.7 Å². The van der Waals surface area contributed by atoms with E-state index in [1.54, 1.807) is 19.2 Å². The van der Waals surface area contributed by atoms with Gasteiger partial charge in [-0.05, 0) is 19.1 Å². The highest BCUT2D eigenvalue weighted by molar-refractivity contribution is 7.18. The largest absolute Gasteiger partial charge is 0.434 e. The molecule has 0 spiro atoms. The van der Waals surface area contributed by atoms with Crippen molar-refractivity contribution in [3.63, 3.8) is 0 Å². The fourth-order valence-electron chi connectivity index (χ4n) is 3.33. The third-order valence-electron chi connectivity index (χ3n) is 4.96. The molecule has 3 N–H and O–H groups in total. The standard InChI is InChI=1S/C22H15F3N8O3S2/c1-2-27-20(34)31-16-4-12(19-30-15(9-37-19)22(23,24)25)13(7-28-16)10-3-11(6-26-5-10)18-29-8-14(38-18)17-32-33-21(35)36-17/h3-9H,2H2,1H3,(H,33,35)(H2,27,28,31,34). The average Bonchev–Trinajstić information content (AvgIpc) is 3.65. The summed E-state index contributed by atoms with van der Waals surface area (Å²) in [6.07, 6.45) is 1.41. The predicted molar refractivity (Wildman–Crippen MR) is 133 cm³/mol. The van der Waals surface area contributed by atoms with E-state index in [1.165, 1.54) is 36.0 Å². The monoisotopic (exact) mass is 560 g/mol. The van der Waals surface area contributed by atoms with Gasteiger partial charge in [0.15, 0.2) is 5.69 Å². The molecule has 11 nitrogen and oxygen atoms in total. The Morgan fingerprint density at radius 1 is 1.08 bits per heavy atom. The fraction of sp³-hybridized carbons (Fsp3) is 0.136. The number of hydrogen-bond acceptors (Lipinski definition) is 10. The molecule has 5 rings (SSSR count). The van der Waals surface area contributed by atoms with Crippen LogP contribution in [0.4, 0.5) is 23.8 Å². The lowest BCUT2D eigenvalue weighted by Gasteiger charge is -2.11. The minimum Gasteiger partial charge on any atom is -0.387 e. The van der Waals surface area contributed by atoms with Gasteiger partial charge in [-0.2, -0.15) is 13.2 Å². The van der Waals surface area contributed by atoms with Gasteiger partial charge in [0.1, 0.15) is 20.7 Å². The van der Waals surface area contributed by atoms with Crippen LogP contribution < -0.4 is 16.4 Å². The minimum atomic E-state index is -4.61. The summed E-state index contributed by atoms with van der Waals surface area (Å²) in [4.78, 5) is 40.4. The molecule has 0 aromatic carbocycles. The second-order valence-corrected chi connectivity index (χ2v) is 9.43. The lowest BCUT2D eigenvalue weighted by atomic mass is 10.0. The van der Waals surface area contributed by atoms with Gasteiger partial charge in [-0.25, -0.2) is 29.6 Å². The summed E-state index contributed by atoms with van der Waals surface area (Å²) in [5.41, 5.74) is 0.873. The van der Waals surface area contributed by atoms with Crippen molar-refractivity contribution in [3.8, 4) is 43.0 Å². The van der Waals surface area contributed by atoms with E-state index in [0.29, 0.717) is 38.7 Å². The molecule has 16 heteroatoms. The third-order valence-corrected chi connectivity index (χ3v) is 6.87. The van der Waals surface area contributed by atoms with E-state index in [1.807, 2.05) is 0 Å². The second-order valence-electron chi connectivity index (χ2n) is 7.55. The van der Waals surface area contributed by atoms with Gasteiger partial charge in [0.05, 0.1) is 6.20 Å².